The van der Waals surface area contributed by atoms with E-state index in [1.807, 2.05) is 0 Å². The summed E-state index contributed by atoms with van der Waals surface area (Å²) in [5, 5.41) is 2.80. The number of nitrogens with one attached hydrogen (secondary N) is 1. The second-order valence-corrected chi connectivity index (χ2v) is 8.45. The minimum atomic E-state index is -3.19. The molecular formula is C11H15ClN2O4S2. The monoisotopic (exact) mass is 338 g/mol. The average Bonchev–Trinajstić information content (AvgIpc) is 2.30. The normalized spacial score (nSPS) is 12.9. The number of sulfone groups is 1. The molecule has 9 heteroatoms. The molecule has 0 bridgehead atoms. The maximum absolute atomic E-state index is 11.7. The first-order valence-electron chi connectivity index (χ1n) is 5.55. The smallest absolute Gasteiger partial charge is 0.237 e. The predicted molar refractivity (Wildman–Crippen MR) is 82.1 cm³/mol. The largest absolute Gasteiger partial charge is 0.399 e. The van der Waals surface area contributed by atoms with Crippen molar-refractivity contribution in [2.75, 3.05) is 34.6 Å². The van der Waals surface area contributed by atoms with E-state index >= 15 is 0 Å². The summed E-state index contributed by atoms with van der Waals surface area (Å²) in [5.41, 5.74) is 6.33. The molecule has 1 aromatic carbocycles. The van der Waals surface area contributed by atoms with Gasteiger partial charge in [-0.25, -0.2) is 8.42 Å². The van der Waals surface area contributed by atoms with Crippen LogP contribution in [0.2, 0.25) is 5.02 Å². The average molecular weight is 339 g/mol. The molecule has 0 spiro atoms. The van der Waals surface area contributed by atoms with Crippen LogP contribution in [0.4, 0.5) is 11.4 Å². The van der Waals surface area contributed by atoms with Crippen molar-refractivity contribution in [1.29, 1.82) is 0 Å². The highest BCUT2D eigenvalue weighted by Crippen LogP contribution is 2.23. The number of nitrogen functional groups attached to an aromatic ring is 1. The van der Waals surface area contributed by atoms with Crippen LogP contribution in [0.3, 0.4) is 0 Å². The molecule has 0 saturated heterocycles. The van der Waals surface area contributed by atoms with Gasteiger partial charge in [-0.3, -0.25) is 9.00 Å². The van der Waals surface area contributed by atoms with Crippen LogP contribution in [0.1, 0.15) is 0 Å². The number of nitrogens with two attached hydrogens (primary N) is 1. The van der Waals surface area contributed by atoms with Crippen LogP contribution >= 0.6 is 11.6 Å². The molecule has 1 rings (SSSR count). The Balaban J connectivity index is 2.55. The molecule has 0 saturated carbocycles. The van der Waals surface area contributed by atoms with Gasteiger partial charge in [-0.15, -0.1) is 0 Å². The van der Waals surface area contributed by atoms with Crippen molar-refractivity contribution >= 4 is 49.5 Å². The fourth-order valence-electron chi connectivity index (χ4n) is 1.29. The van der Waals surface area contributed by atoms with Gasteiger partial charge in [-0.2, -0.15) is 0 Å². The van der Waals surface area contributed by atoms with E-state index in [0.29, 0.717) is 16.4 Å². The lowest BCUT2D eigenvalue weighted by atomic mass is 10.3. The van der Waals surface area contributed by atoms with Crippen LogP contribution < -0.4 is 11.1 Å². The number of carbonyl (C=O) groups is 1. The zero-order valence-electron chi connectivity index (χ0n) is 10.8. The molecule has 1 amide bonds. The summed E-state index contributed by atoms with van der Waals surface area (Å²) in [6, 6.07) is 4.61. The SMILES string of the molecule is CS(=O)(=O)CCS(=O)CC(=O)Nc1cc(N)ccc1Cl. The van der Waals surface area contributed by atoms with Gasteiger partial charge in [0, 0.05) is 28.5 Å². The van der Waals surface area contributed by atoms with E-state index in [9.17, 15) is 17.4 Å². The molecule has 0 aliphatic heterocycles. The van der Waals surface area contributed by atoms with Crippen LogP contribution in [-0.2, 0) is 25.4 Å². The maximum atomic E-state index is 11.7. The number of anilines is 2. The van der Waals surface area contributed by atoms with Crippen LogP contribution in [0.15, 0.2) is 18.2 Å². The molecule has 112 valence electrons. The lowest BCUT2D eigenvalue weighted by Crippen LogP contribution is -2.23. The third-order valence-corrected chi connectivity index (χ3v) is 5.02. The van der Waals surface area contributed by atoms with Crippen molar-refractivity contribution in [2.24, 2.45) is 0 Å². The van der Waals surface area contributed by atoms with E-state index in [2.05, 4.69) is 5.32 Å². The van der Waals surface area contributed by atoms with E-state index in [4.69, 9.17) is 17.3 Å². The topological polar surface area (TPSA) is 106 Å². The Labute approximate surface area is 125 Å². The Hall–Kier alpha value is -1.12. The summed E-state index contributed by atoms with van der Waals surface area (Å²) < 4.78 is 33.4. The Morgan fingerprint density at radius 1 is 1.45 bits per heavy atom. The number of rotatable bonds is 6. The number of hydrogen-bond acceptors (Lipinski definition) is 5. The molecule has 0 heterocycles. The maximum Gasteiger partial charge on any atom is 0.237 e. The second-order valence-electron chi connectivity index (χ2n) is 4.21. The molecule has 20 heavy (non-hydrogen) atoms. The zero-order valence-corrected chi connectivity index (χ0v) is 13.1. The molecule has 1 aromatic rings. The molecule has 0 aliphatic carbocycles. The van der Waals surface area contributed by atoms with Crippen molar-refractivity contribution in [2.45, 2.75) is 0 Å². The third kappa shape index (κ3) is 6.36. The fourth-order valence-corrected chi connectivity index (χ4v) is 3.92. The second kappa shape index (κ2) is 7.05. The van der Waals surface area contributed by atoms with Gasteiger partial charge < -0.3 is 11.1 Å². The minimum Gasteiger partial charge on any atom is -0.399 e. The molecule has 1 atom stereocenters. The van der Waals surface area contributed by atoms with Gasteiger partial charge in [0.25, 0.3) is 0 Å². The Kier molecular flexibility index (Phi) is 5.97. The van der Waals surface area contributed by atoms with Gasteiger partial charge >= 0.3 is 0 Å². The van der Waals surface area contributed by atoms with Crippen LogP contribution in [0.5, 0.6) is 0 Å². The summed E-state index contributed by atoms with van der Waals surface area (Å²) in [6.07, 6.45) is 1.05. The summed E-state index contributed by atoms with van der Waals surface area (Å²) in [6.45, 7) is 0. The highest BCUT2D eigenvalue weighted by molar-refractivity contribution is 7.92. The predicted octanol–water partition coefficient (Wildman–Crippen LogP) is 0.654. The van der Waals surface area contributed by atoms with Crippen molar-refractivity contribution in [1.82, 2.24) is 0 Å². The first-order chi connectivity index (χ1) is 9.17. The summed E-state index contributed by atoms with van der Waals surface area (Å²) >= 11 is 5.87. The van der Waals surface area contributed by atoms with E-state index < -0.39 is 26.5 Å². The summed E-state index contributed by atoms with van der Waals surface area (Å²) in [5.74, 6) is -1.09. The number of carbonyl (C=O) groups excluding carboxylic acids is 1. The Morgan fingerprint density at radius 2 is 2.10 bits per heavy atom. The van der Waals surface area contributed by atoms with E-state index in [1.165, 1.54) is 12.1 Å². The van der Waals surface area contributed by atoms with Gasteiger partial charge in [-0.05, 0) is 18.2 Å². The standard InChI is InChI=1S/C11H15ClN2O4S2/c1-20(17,18)5-4-19(16)7-11(15)14-10-6-8(13)2-3-9(10)12/h2-3,6H,4-5,7,13H2,1H3,(H,14,15). The van der Waals surface area contributed by atoms with Gasteiger partial charge in [0.05, 0.1) is 16.5 Å². The first-order valence-corrected chi connectivity index (χ1v) is 9.47. The van der Waals surface area contributed by atoms with Crippen molar-refractivity contribution < 1.29 is 17.4 Å². The number of amides is 1. The third-order valence-electron chi connectivity index (χ3n) is 2.24. The van der Waals surface area contributed by atoms with Crippen LogP contribution in [-0.4, -0.2) is 42.0 Å². The molecular weight excluding hydrogens is 324 g/mol. The lowest BCUT2D eigenvalue weighted by molar-refractivity contribution is -0.113. The molecule has 0 fully saturated rings. The molecule has 0 radical (unpaired) electrons. The molecule has 0 aliphatic rings. The number of halogens is 1. The minimum absolute atomic E-state index is 0.0725. The highest BCUT2D eigenvalue weighted by Gasteiger charge is 2.12. The molecule has 0 aromatic heterocycles. The summed E-state index contributed by atoms with van der Waals surface area (Å²) in [7, 11) is -4.74. The number of hydrogen-bond donors (Lipinski definition) is 2. The van der Waals surface area contributed by atoms with Gasteiger partial charge in [0.2, 0.25) is 5.91 Å². The van der Waals surface area contributed by atoms with Crippen molar-refractivity contribution in [3.05, 3.63) is 23.2 Å². The van der Waals surface area contributed by atoms with Crippen molar-refractivity contribution in [3.63, 3.8) is 0 Å². The Bertz CT molecular complexity index is 631. The van der Waals surface area contributed by atoms with Gasteiger partial charge in [0.15, 0.2) is 0 Å². The van der Waals surface area contributed by atoms with Crippen molar-refractivity contribution in [3.8, 4) is 0 Å². The van der Waals surface area contributed by atoms with E-state index in [-0.39, 0.29) is 17.3 Å². The van der Waals surface area contributed by atoms with E-state index in [1.54, 1.807) is 6.07 Å². The van der Waals surface area contributed by atoms with Gasteiger partial charge in [0.1, 0.15) is 15.6 Å². The quantitative estimate of drug-likeness (QED) is 0.741. The van der Waals surface area contributed by atoms with Gasteiger partial charge in [-0.1, -0.05) is 11.6 Å². The molecule has 1 unspecified atom stereocenters. The lowest BCUT2D eigenvalue weighted by Gasteiger charge is -2.08. The van der Waals surface area contributed by atoms with Crippen LogP contribution in [0, 0.1) is 0 Å². The number of benzene rings is 1. The molecule has 6 nitrogen and oxygen atoms in total. The molecule has 3 N–H and O–H groups in total. The first kappa shape index (κ1) is 16.9. The highest BCUT2D eigenvalue weighted by atomic mass is 35.5. The summed E-state index contributed by atoms with van der Waals surface area (Å²) in [4.78, 5) is 11.7. The van der Waals surface area contributed by atoms with Crippen LogP contribution in [0.25, 0.3) is 0 Å². The fraction of sp³-hybridized carbons (Fsp3) is 0.364. The van der Waals surface area contributed by atoms with E-state index in [0.717, 1.165) is 6.26 Å². The zero-order chi connectivity index (χ0) is 15.3. The Morgan fingerprint density at radius 3 is 2.70 bits per heavy atom.